The number of anilines is 2. The maximum atomic E-state index is 11.6. The zero-order chi connectivity index (χ0) is 22.7. The Morgan fingerprint density at radius 2 is 1.81 bits per heavy atom. The Balaban J connectivity index is 1.74. The van der Waals surface area contributed by atoms with Crippen LogP contribution in [0.4, 0.5) is 11.5 Å². The Morgan fingerprint density at radius 1 is 1.03 bits per heavy atom. The summed E-state index contributed by atoms with van der Waals surface area (Å²) in [5.41, 5.74) is 3.28. The maximum absolute atomic E-state index is 11.6. The molecule has 0 aliphatic rings. The molecule has 0 fully saturated rings. The number of nitrogens with zero attached hydrogens (tertiary/aromatic N) is 3. The van der Waals surface area contributed by atoms with Crippen LogP contribution in [0.5, 0.6) is 0 Å². The number of benzene rings is 2. The molecule has 0 radical (unpaired) electrons. The molecule has 0 aliphatic carbocycles. The molecule has 0 spiro atoms. The van der Waals surface area contributed by atoms with Crippen molar-refractivity contribution in [1.29, 1.82) is 0 Å². The van der Waals surface area contributed by atoms with Gasteiger partial charge in [0.2, 0.25) is 10.0 Å². The van der Waals surface area contributed by atoms with Gasteiger partial charge in [-0.25, -0.2) is 23.4 Å². The van der Waals surface area contributed by atoms with Gasteiger partial charge in [0.05, 0.1) is 30.1 Å². The molecule has 0 amide bonds. The molecular weight excluding hydrogens is 450 g/mol. The van der Waals surface area contributed by atoms with E-state index in [4.69, 9.17) is 11.6 Å². The molecule has 2 aromatic heterocycles. The number of hydrogen-bond acceptors (Lipinski definition) is 7. The highest BCUT2D eigenvalue weighted by Gasteiger charge is 2.15. The summed E-state index contributed by atoms with van der Waals surface area (Å²) in [6.07, 6.45) is 4.07. The molecule has 3 N–H and O–H groups in total. The Morgan fingerprint density at radius 3 is 2.53 bits per heavy atom. The van der Waals surface area contributed by atoms with Crippen LogP contribution in [0.15, 0.2) is 67.1 Å². The van der Waals surface area contributed by atoms with Crippen molar-refractivity contribution in [3.8, 4) is 11.1 Å². The summed E-state index contributed by atoms with van der Waals surface area (Å²) in [5.74, 6) is 0.566. The summed E-state index contributed by atoms with van der Waals surface area (Å²) in [5, 5.41) is 14.0. The first-order valence-electron chi connectivity index (χ1n) is 9.65. The number of fused-ring (bicyclic) bond motifs is 1. The number of pyridine rings is 1. The van der Waals surface area contributed by atoms with Crippen LogP contribution < -0.4 is 10.0 Å². The van der Waals surface area contributed by atoms with E-state index >= 15 is 0 Å². The van der Waals surface area contributed by atoms with Crippen molar-refractivity contribution in [3.63, 3.8) is 0 Å². The highest BCUT2D eigenvalue weighted by molar-refractivity contribution is 7.92. The Kier molecular flexibility index (Phi) is 6.22. The molecule has 0 saturated carbocycles. The molecule has 4 aromatic rings. The molecule has 2 aromatic carbocycles. The van der Waals surface area contributed by atoms with Crippen molar-refractivity contribution in [2.45, 2.75) is 6.04 Å². The number of halogens is 1. The van der Waals surface area contributed by atoms with Gasteiger partial charge in [-0.3, -0.25) is 4.72 Å². The molecule has 0 aliphatic heterocycles. The summed E-state index contributed by atoms with van der Waals surface area (Å²) in [7, 11) is -3.51. The number of sulfonamides is 1. The van der Waals surface area contributed by atoms with Crippen LogP contribution >= 0.6 is 11.6 Å². The molecule has 1 atom stereocenters. The SMILES string of the molecule is CS(=O)(=O)Nc1cc(-c2ccc3ncnc(NC(CO)c4ccccc4)c3c2)cnc1Cl. The minimum Gasteiger partial charge on any atom is -0.394 e. The third-order valence-corrected chi connectivity index (χ3v) is 5.69. The van der Waals surface area contributed by atoms with Gasteiger partial charge in [0, 0.05) is 17.1 Å². The number of aliphatic hydroxyl groups is 1. The van der Waals surface area contributed by atoms with Gasteiger partial charge in [-0.2, -0.15) is 0 Å². The van der Waals surface area contributed by atoms with E-state index in [1.165, 1.54) is 6.33 Å². The van der Waals surface area contributed by atoms with Gasteiger partial charge in [-0.1, -0.05) is 48.0 Å². The van der Waals surface area contributed by atoms with Gasteiger partial charge in [0.15, 0.2) is 5.15 Å². The fourth-order valence-electron chi connectivity index (χ4n) is 3.31. The van der Waals surface area contributed by atoms with Crippen molar-refractivity contribution in [1.82, 2.24) is 15.0 Å². The molecule has 0 saturated heterocycles. The van der Waals surface area contributed by atoms with E-state index in [1.807, 2.05) is 48.5 Å². The second kappa shape index (κ2) is 9.07. The second-order valence-corrected chi connectivity index (χ2v) is 9.29. The smallest absolute Gasteiger partial charge is 0.229 e. The minimum atomic E-state index is -3.51. The van der Waals surface area contributed by atoms with E-state index in [-0.39, 0.29) is 23.5 Å². The summed E-state index contributed by atoms with van der Waals surface area (Å²) >= 11 is 6.05. The van der Waals surface area contributed by atoms with Crippen LogP contribution in [0.3, 0.4) is 0 Å². The zero-order valence-corrected chi connectivity index (χ0v) is 18.6. The van der Waals surface area contributed by atoms with Gasteiger partial charge >= 0.3 is 0 Å². The van der Waals surface area contributed by atoms with Crippen LogP contribution in [0.25, 0.3) is 22.0 Å². The van der Waals surface area contributed by atoms with E-state index in [2.05, 4.69) is 25.0 Å². The largest absolute Gasteiger partial charge is 0.394 e. The summed E-state index contributed by atoms with van der Waals surface area (Å²) in [6, 6.07) is 16.4. The standard InChI is InChI=1S/C22H20ClN5O3S/c1-32(30,31)28-19-10-16(11-24-21(19)23)15-7-8-18-17(9-15)22(26-13-25-18)27-20(12-29)14-5-3-2-4-6-14/h2-11,13,20,28-29H,12H2,1H3,(H,25,26,27). The van der Waals surface area contributed by atoms with E-state index in [9.17, 15) is 13.5 Å². The minimum absolute atomic E-state index is 0.0549. The third kappa shape index (κ3) is 4.96. The van der Waals surface area contributed by atoms with E-state index in [1.54, 1.807) is 12.3 Å². The first kappa shape index (κ1) is 21.9. The molecule has 4 rings (SSSR count). The van der Waals surface area contributed by atoms with Crippen molar-refractivity contribution >= 4 is 44.0 Å². The number of hydrogen-bond donors (Lipinski definition) is 3. The van der Waals surface area contributed by atoms with Crippen LogP contribution in [-0.4, -0.2) is 41.3 Å². The highest BCUT2D eigenvalue weighted by Crippen LogP contribution is 2.31. The summed E-state index contributed by atoms with van der Waals surface area (Å²) in [6.45, 7) is -0.114. The van der Waals surface area contributed by atoms with Crippen molar-refractivity contribution in [3.05, 3.63) is 77.8 Å². The zero-order valence-electron chi connectivity index (χ0n) is 17.0. The first-order valence-corrected chi connectivity index (χ1v) is 11.9. The van der Waals surface area contributed by atoms with Crippen LogP contribution in [-0.2, 0) is 10.0 Å². The maximum Gasteiger partial charge on any atom is 0.229 e. The predicted octanol–water partition coefficient (Wildman–Crippen LogP) is 3.86. The van der Waals surface area contributed by atoms with Crippen molar-refractivity contribution < 1.29 is 13.5 Å². The number of aromatic nitrogens is 3. The summed E-state index contributed by atoms with van der Waals surface area (Å²) < 4.78 is 25.6. The third-order valence-electron chi connectivity index (χ3n) is 4.80. The lowest BCUT2D eigenvalue weighted by Crippen LogP contribution is -2.16. The quantitative estimate of drug-likeness (QED) is 0.352. The van der Waals surface area contributed by atoms with Gasteiger partial charge in [0.25, 0.3) is 0 Å². The van der Waals surface area contributed by atoms with E-state index in [0.717, 1.165) is 22.8 Å². The van der Waals surface area contributed by atoms with Gasteiger partial charge in [-0.05, 0) is 29.3 Å². The highest BCUT2D eigenvalue weighted by atomic mass is 35.5. The van der Waals surface area contributed by atoms with E-state index < -0.39 is 10.0 Å². The molecule has 32 heavy (non-hydrogen) atoms. The molecule has 1 unspecified atom stereocenters. The first-order chi connectivity index (χ1) is 15.3. The summed E-state index contributed by atoms with van der Waals surface area (Å²) in [4.78, 5) is 12.8. The lowest BCUT2D eigenvalue weighted by atomic mass is 10.0. The number of nitrogens with one attached hydrogen (secondary N) is 2. The van der Waals surface area contributed by atoms with Crippen LogP contribution in [0.1, 0.15) is 11.6 Å². The fourth-order valence-corrected chi connectivity index (χ4v) is 4.07. The Hall–Kier alpha value is -3.27. The van der Waals surface area contributed by atoms with Crippen LogP contribution in [0, 0.1) is 0 Å². The topological polar surface area (TPSA) is 117 Å². The predicted molar refractivity (Wildman–Crippen MR) is 126 cm³/mol. The Bertz CT molecular complexity index is 1370. The molecular formula is C22H20ClN5O3S. The lowest BCUT2D eigenvalue weighted by molar-refractivity contribution is 0.276. The molecule has 8 nitrogen and oxygen atoms in total. The van der Waals surface area contributed by atoms with Gasteiger partial charge in [-0.15, -0.1) is 0 Å². The number of aliphatic hydroxyl groups excluding tert-OH is 1. The van der Waals surface area contributed by atoms with Gasteiger partial charge in [0.1, 0.15) is 12.1 Å². The fraction of sp³-hybridized carbons (Fsp3) is 0.136. The molecule has 164 valence electrons. The number of rotatable bonds is 7. The average Bonchev–Trinajstić information content (AvgIpc) is 2.78. The average molecular weight is 470 g/mol. The van der Waals surface area contributed by atoms with Gasteiger partial charge < -0.3 is 10.4 Å². The molecule has 10 heteroatoms. The lowest BCUT2D eigenvalue weighted by Gasteiger charge is -2.18. The molecule has 0 bridgehead atoms. The monoisotopic (exact) mass is 469 g/mol. The molecule has 2 heterocycles. The van der Waals surface area contributed by atoms with Crippen LogP contribution in [0.2, 0.25) is 5.15 Å². The normalized spacial score (nSPS) is 12.5. The van der Waals surface area contributed by atoms with E-state index in [0.29, 0.717) is 16.9 Å². The van der Waals surface area contributed by atoms with Crippen molar-refractivity contribution in [2.75, 3.05) is 22.9 Å². The Labute approximate surface area is 190 Å². The second-order valence-electron chi connectivity index (χ2n) is 7.18. The van der Waals surface area contributed by atoms with Crippen molar-refractivity contribution in [2.24, 2.45) is 0 Å².